The average Bonchev–Trinajstić information content (AvgIpc) is 2.69. The number of carbonyl (C=O) groups is 1. The number of allylic oxidation sites excluding steroid dienone is 1. The van der Waals surface area contributed by atoms with Gasteiger partial charge in [-0.15, -0.1) is 0 Å². The summed E-state index contributed by atoms with van der Waals surface area (Å²) in [6.07, 6.45) is 2.86. The topological polar surface area (TPSA) is 94.6 Å². The second-order valence-electron chi connectivity index (χ2n) is 6.71. The Hall–Kier alpha value is -1.93. The van der Waals surface area contributed by atoms with E-state index in [1.165, 1.54) is 13.0 Å². The Balaban J connectivity index is 2.96. The van der Waals surface area contributed by atoms with E-state index in [2.05, 4.69) is 19.6 Å². The number of ether oxygens (including phenoxy) is 1. The molecule has 1 rings (SSSR count). The van der Waals surface area contributed by atoms with Crippen LogP contribution in [0.25, 0.3) is 6.08 Å². The highest BCUT2D eigenvalue weighted by molar-refractivity contribution is 6.76. The number of aromatic nitrogens is 1. The summed E-state index contributed by atoms with van der Waals surface area (Å²) < 4.78 is 7.30. The third-order valence-corrected chi connectivity index (χ3v) is 5.17. The number of carboxylic acids is 1. The van der Waals surface area contributed by atoms with E-state index < -0.39 is 19.0 Å². The molecule has 23 heavy (non-hydrogen) atoms. The van der Waals surface area contributed by atoms with Crippen molar-refractivity contribution >= 4 is 20.1 Å². The molecule has 0 aromatic carbocycles. The minimum Gasteiger partial charge on any atom is -0.478 e. The number of hydrogen-bond donors (Lipinski definition) is 1. The maximum Gasteiger partial charge on any atom is 0.338 e. The fourth-order valence-electron chi connectivity index (χ4n) is 2.02. The molecule has 0 bridgehead atoms. The Bertz CT molecular complexity index is 629. The van der Waals surface area contributed by atoms with Gasteiger partial charge < -0.3 is 14.4 Å². The standard InChI is InChI=1S/C15H24N2O5Si/c1-11(17(20)21)8-13-9-16(12(2)14(13)15(18)19)10-22-6-7-23(3,4)5/h8-9H,6-7,10H2,1-5H3,(H,18,19). The molecule has 0 aliphatic rings. The van der Waals surface area contributed by atoms with Gasteiger partial charge in [-0.05, 0) is 13.0 Å². The maximum absolute atomic E-state index is 11.4. The first-order chi connectivity index (χ1) is 10.5. The number of aromatic carboxylic acids is 1. The monoisotopic (exact) mass is 340 g/mol. The van der Waals surface area contributed by atoms with E-state index in [9.17, 15) is 20.0 Å². The van der Waals surface area contributed by atoms with Crippen LogP contribution < -0.4 is 0 Å². The summed E-state index contributed by atoms with van der Waals surface area (Å²) >= 11 is 0. The molecule has 0 amide bonds. The predicted molar refractivity (Wildman–Crippen MR) is 90.9 cm³/mol. The summed E-state index contributed by atoms with van der Waals surface area (Å²) in [4.78, 5) is 21.6. The first-order valence-electron chi connectivity index (χ1n) is 7.36. The summed E-state index contributed by atoms with van der Waals surface area (Å²) in [6.45, 7) is 10.6. The Morgan fingerprint density at radius 1 is 1.48 bits per heavy atom. The maximum atomic E-state index is 11.4. The second-order valence-corrected chi connectivity index (χ2v) is 12.3. The molecule has 0 radical (unpaired) electrons. The Morgan fingerprint density at radius 2 is 2.09 bits per heavy atom. The molecule has 0 saturated heterocycles. The zero-order chi connectivity index (χ0) is 17.8. The summed E-state index contributed by atoms with van der Waals surface area (Å²) in [6, 6.07) is 1.02. The minimum absolute atomic E-state index is 0.0694. The number of hydrogen-bond acceptors (Lipinski definition) is 4. The van der Waals surface area contributed by atoms with E-state index in [4.69, 9.17) is 4.74 Å². The highest BCUT2D eigenvalue weighted by atomic mass is 28.3. The van der Waals surface area contributed by atoms with Crippen LogP contribution in [0, 0.1) is 17.0 Å². The zero-order valence-corrected chi connectivity index (χ0v) is 15.3. The first-order valence-corrected chi connectivity index (χ1v) is 11.1. The molecule has 0 atom stereocenters. The largest absolute Gasteiger partial charge is 0.478 e. The van der Waals surface area contributed by atoms with E-state index in [0.29, 0.717) is 17.9 Å². The smallest absolute Gasteiger partial charge is 0.338 e. The molecule has 0 unspecified atom stereocenters. The van der Waals surface area contributed by atoms with E-state index in [1.807, 2.05) is 0 Å². The van der Waals surface area contributed by atoms with Gasteiger partial charge >= 0.3 is 5.97 Å². The zero-order valence-electron chi connectivity index (χ0n) is 14.3. The van der Waals surface area contributed by atoms with Crippen LogP contribution in [-0.2, 0) is 11.5 Å². The molecule has 0 aliphatic carbocycles. The van der Waals surface area contributed by atoms with Crippen molar-refractivity contribution in [2.45, 2.75) is 46.3 Å². The van der Waals surface area contributed by atoms with Crippen LogP contribution in [0.15, 0.2) is 11.9 Å². The third-order valence-electron chi connectivity index (χ3n) is 3.47. The van der Waals surface area contributed by atoms with Crippen molar-refractivity contribution in [3.05, 3.63) is 38.8 Å². The second kappa shape index (κ2) is 7.56. The molecule has 0 spiro atoms. The van der Waals surface area contributed by atoms with Crippen LogP contribution in [0.1, 0.15) is 28.5 Å². The van der Waals surface area contributed by atoms with Crippen LogP contribution in [0.5, 0.6) is 0 Å². The fraction of sp³-hybridized carbons (Fsp3) is 0.533. The van der Waals surface area contributed by atoms with Gasteiger partial charge in [0.05, 0.1) is 10.5 Å². The van der Waals surface area contributed by atoms with E-state index >= 15 is 0 Å². The highest BCUT2D eigenvalue weighted by Gasteiger charge is 2.19. The molecule has 0 saturated carbocycles. The Morgan fingerprint density at radius 3 is 2.57 bits per heavy atom. The third kappa shape index (κ3) is 5.64. The van der Waals surface area contributed by atoms with Crippen molar-refractivity contribution < 1.29 is 19.6 Å². The molecule has 128 valence electrons. The summed E-state index contributed by atoms with van der Waals surface area (Å²) in [5.74, 6) is -1.11. The number of nitro groups is 1. The number of carboxylic acid groups (broad SMARTS) is 1. The molecule has 7 nitrogen and oxygen atoms in total. The molecule has 0 fully saturated rings. The lowest BCUT2D eigenvalue weighted by Crippen LogP contribution is -2.22. The van der Waals surface area contributed by atoms with Gasteiger partial charge in [-0.25, -0.2) is 4.79 Å². The lowest BCUT2D eigenvalue weighted by atomic mass is 10.1. The Labute approximate surface area is 136 Å². The van der Waals surface area contributed by atoms with Crippen molar-refractivity contribution in [3.63, 3.8) is 0 Å². The summed E-state index contributed by atoms with van der Waals surface area (Å²) in [7, 11) is -1.18. The SMILES string of the molecule is CC(=Cc1cn(COCC[Si](C)(C)C)c(C)c1C(=O)O)[N+](=O)[O-]. The van der Waals surface area contributed by atoms with Gasteiger partial charge in [0, 0.05) is 45.1 Å². The van der Waals surface area contributed by atoms with Crippen molar-refractivity contribution in [3.8, 4) is 0 Å². The first kappa shape index (κ1) is 19.1. The van der Waals surface area contributed by atoms with Crippen molar-refractivity contribution in [1.29, 1.82) is 0 Å². The Kier molecular flexibility index (Phi) is 6.28. The van der Waals surface area contributed by atoms with Crippen LogP contribution in [0.2, 0.25) is 25.7 Å². The number of nitrogens with zero attached hydrogens (tertiary/aromatic N) is 2. The quantitative estimate of drug-likeness (QED) is 0.338. The van der Waals surface area contributed by atoms with Gasteiger partial charge in [0.25, 0.3) is 0 Å². The van der Waals surface area contributed by atoms with E-state index in [1.54, 1.807) is 17.7 Å². The molecule has 8 heteroatoms. The van der Waals surface area contributed by atoms with Crippen LogP contribution in [0.4, 0.5) is 0 Å². The van der Waals surface area contributed by atoms with E-state index in [-0.39, 0.29) is 18.0 Å². The highest BCUT2D eigenvalue weighted by Crippen LogP contribution is 2.21. The molecular weight excluding hydrogens is 316 g/mol. The molecule has 1 aromatic rings. The fourth-order valence-corrected chi connectivity index (χ4v) is 2.78. The predicted octanol–water partition coefficient (Wildman–Crippen LogP) is 3.44. The normalized spacial score (nSPS) is 12.5. The average molecular weight is 340 g/mol. The van der Waals surface area contributed by atoms with Crippen molar-refractivity contribution in [2.24, 2.45) is 0 Å². The van der Waals surface area contributed by atoms with Gasteiger partial charge in [-0.3, -0.25) is 10.1 Å². The van der Waals surface area contributed by atoms with Gasteiger partial charge in [0.15, 0.2) is 0 Å². The van der Waals surface area contributed by atoms with Gasteiger partial charge in [-0.1, -0.05) is 19.6 Å². The van der Waals surface area contributed by atoms with Crippen molar-refractivity contribution in [1.82, 2.24) is 4.57 Å². The molecular formula is C15H24N2O5Si. The molecule has 0 aliphatic heterocycles. The van der Waals surface area contributed by atoms with Crippen molar-refractivity contribution in [2.75, 3.05) is 6.61 Å². The molecule has 1 heterocycles. The number of rotatable bonds is 8. The summed E-state index contributed by atoms with van der Waals surface area (Å²) in [5, 5.41) is 20.1. The van der Waals surface area contributed by atoms with Gasteiger partial charge in [-0.2, -0.15) is 0 Å². The van der Waals surface area contributed by atoms with Gasteiger partial charge in [0.1, 0.15) is 6.73 Å². The van der Waals surface area contributed by atoms with E-state index in [0.717, 1.165) is 6.04 Å². The molecule has 1 N–H and O–H groups in total. The summed E-state index contributed by atoms with van der Waals surface area (Å²) in [5.41, 5.74) is 0.801. The van der Waals surface area contributed by atoms with Gasteiger partial charge in [0.2, 0.25) is 5.70 Å². The van der Waals surface area contributed by atoms with Crippen LogP contribution >= 0.6 is 0 Å². The lowest BCUT2D eigenvalue weighted by Gasteiger charge is -2.16. The molecule has 1 aromatic heterocycles. The minimum atomic E-state index is -1.18. The van der Waals surface area contributed by atoms with Crippen LogP contribution in [0.3, 0.4) is 0 Å². The lowest BCUT2D eigenvalue weighted by molar-refractivity contribution is -0.422. The van der Waals surface area contributed by atoms with Crippen LogP contribution in [-0.4, -0.2) is 35.2 Å².